The van der Waals surface area contributed by atoms with Crippen molar-refractivity contribution in [3.8, 4) is 0 Å². The van der Waals surface area contributed by atoms with Crippen molar-refractivity contribution in [3.05, 3.63) is 40.4 Å². The standard InChI is InChI=1S/C20H24ClNO4/c1-2-26-19(24)7-5-3-4-6-12-22-18(23)14-16(20(22)25)13-15-8-10-17(21)11-9-15/h8-11,13H,2-7,12,14H2,1H3/b16-13+. The Labute approximate surface area is 159 Å². The molecule has 0 aliphatic carbocycles. The normalized spacial score (nSPS) is 15.8. The van der Waals surface area contributed by atoms with E-state index in [9.17, 15) is 14.4 Å². The SMILES string of the molecule is CCOC(=O)CCCCCCN1C(=O)C/C(=C\c2ccc(Cl)cc2)C1=O. The van der Waals surface area contributed by atoms with E-state index in [-0.39, 0.29) is 24.2 Å². The zero-order valence-corrected chi connectivity index (χ0v) is 15.8. The second-order valence-corrected chi connectivity index (χ2v) is 6.65. The highest BCUT2D eigenvalue weighted by Crippen LogP contribution is 2.23. The summed E-state index contributed by atoms with van der Waals surface area (Å²) in [6.07, 6.45) is 5.57. The summed E-state index contributed by atoms with van der Waals surface area (Å²) in [6.45, 7) is 2.62. The Kier molecular flexibility index (Phi) is 7.85. The molecular weight excluding hydrogens is 354 g/mol. The Hall–Kier alpha value is -2.14. The van der Waals surface area contributed by atoms with E-state index in [1.165, 1.54) is 4.90 Å². The number of amides is 2. The molecular formula is C20H24ClNO4. The second-order valence-electron chi connectivity index (χ2n) is 6.22. The Morgan fingerprint density at radius 3 is 2.54 bits per heavy atom. The van der Waals surface area contributed by atoms with Crippen LogP contribution in [0.1, 0.15) is 51.0 Å². The topological polar surface area (TPSA) is 63.7 Å². The molecule has 5 nitrogen and oxygen atoms in total. The Morgan fingerprint density at radius 1 is 1.15 bits per heavy atom. The molecule has 1 aromatic rings. The number of carbonyl (C=O) groups excluding carboxylic acids is 3. The summed E-state index contributed by atoms with van der Waals surface area (Å²) in [5, 5.41) is 0.630. The van der Waals surface area contributed by atoms with Crippen LogP contribution >= 0.6 is 11.6 Å². The summed E-state index contributed by atoms with van der Waals surface area (Å²) in [7, 11) is 0. The highest BCUT2D eigenvalue weighted by molar-refractivity contribution is 6.30. The van der Waals surface area contributed by atoms with Crippen molar-refractivity contribution >= 4 is 35.5 Å². The fourth-order valence-corrected chi connectivity index (χ4v) is 2.97. The molecule has 0 saturated carbocycles. The lowest BCUT2D eigenvalue weighted by molar-refractivity contribution is -0.143. The number of esters is 1. The van der Waals surface area contributed by atoms with E-state index in [0.717, 1.165) is 31.2 Å². The van der Waals surface area contributed by atoms with Gasteiger partial charge in [0.2, 0.25) is 5.91 Å². The van der Waals surface area contributed by atoms with E-state index in [4.69, 9.17) is 16.3 Å². The third-order valence-electron chi connectivity index (χ3n) is 4.19. The zero-order valence-electron chi connectivity index (χ0n) is 15.0. The second kappa shape index (κ2) is 10.1. The zero-order chi connectivity index (χ0) is 18.9. The number of hydrogen-bond donors (Lipinski definition) is 0. The average Bonchev–Trinajstić information content (AvgIpc) is 2.87. The molecule has 1 saturated heterocycles. The summed E-state index contributed by atoms with van der Waals surface area (Å²) < 4.78 is 4.87. The molecule has 140 valence electrons. The van der Waals surface area contributed by atoms with Crippen molar-refractivity contribution in [2.75, 3.05) is 13.2 Å². The van der Waals surface area contributed by atoms with Gasteiger partial charge in [0.15, 0.2) is 0 Å². The molecule has 0 bridgehead atoms. The lowest BCUT2D eigenvalue weighted by atomic mass is 10.1. The minimum Gasteiger partial charge on any atom is -0.466 e. The van der Waals surface area contributed by atoms with Crippen LogP contribution in [0.4, 0.5) is 0 Å². The highest BCUT2D eigenvalue weighted by Gasteiger charge is 2.32. The van der Waals surface area contributed by atoms with Crippen molar-refractivity contribution < 1.29 is 19.1 Å². The van der Waals surface area contributed by atoms with Crippen LogP contribution in [0.2, 0.25) is 5.02 Å². The molecule has 1 aliphatic heterocycles. The van der Waals surface area contributed by atoms with Crippen LogP contribution in [0.5, 0.6) is 0 Å². The van der Waals surface area contributed by atoms with Gasteiger partial charge in [-0.1, -0.05) is 36.6 Å². The molecule has 0 atom stereocenters. The molecule has 0 radical (unpaired) electrons. The lowest BCUT2D eigenvalue weighted by Crippen LogP contribution is -2.30. The molecule has 1 aliphatic rings. The number of unbranched alkanes of at least 4 members (excludes halogenated alkanes) is 3. The van der Waals surface area contributed by atoms with Gasteiger partial charge in [-0.3, -0.25) is 19.3 Å². The first-order valence-corrected chi connectivity index (χ1v) is 9.35. The minimum absolute atomic E-state index is 0.143. The van der Waals surface area contributed by atoms with E-state index in [2.05, 4.69) is 0 Å². The van der Waals surface area contributed by atoms with Gasteiger partial charge >= 0.3 is 5.97 Å². The molecule has 6 heteroatoms. The van der Waals surface area contributed by atoms with Crippen molar-refractivity contribution in [3.63, 3.8) is 0 Å². The molecule has 1 heterocycles. The smallest absolute Gasteiger partial charge is 0.305 e. The van der Waals surface area contributed by atoms with Crippen LogP contribution in [0.15, 0.2) is 29.8 Å². The number of nitrogens with zero attached hydrogens (tertiary/aromatic N) is 1. The molecule has 0 unspecified atom stereocenters. The van der Waals surface area contributed by atoms with Gasteiger partial charge in [0, 0.05) is 23.6 Å². The highest BCUT2D eigenvalue weighted by atomic mass is 35.5. The molecule has 2 amide bonds. The van der Waals surface area contributed by atoms with Crippen LogP contribution in [-0.2, 0) is 19.1 Å². The number of halogens is 1. The third-order valence-corrected chi connectivity index (χ3v) is 4.44. The predicted octanol–water partition coefficient (Wildman–Crippen LogP) is 4.00. The summed E-state index contributed by atoms with van der Waals surface area (Å²) in [6, 6.07) is 7.14. The monoisotopic (exact) mass is 377 g/mol. The number of likely N-dealkylation sites (tertiary alicyclic amines) is 1. The van der Waals surface area contributed by atoms with E-state index in [0.29, 0.717) is 30.2 Å². The maximum absolute atomic E-state index is 12.4. The van der Waals surface area contributed by atoms with E-state index in [1.807, 2.05) is 12.1 Å². The summed E-state index contributed by atoms with van der Waals surface area (Å²) in [4.78, 5) is 37.1. The van der Waals surface area contributed by atoms with Gasteiger partial charge < -0.3 is 4.74 Å². The Balaban J connectivity index is 1.76. The first kappa shape index (κ1) is 20.2. The largest absolute Gasteiger partial charge is 0.466 e. The quantitative estimate of drug-likeness (QED) is 0.282. The first-order chi connectivity index (χ1) is 12.5. The van der Waals surface area contributed by atoms with Crippen molar-refractivity contribution in [2.45, 2.75) is 45.4 Å². The van der Waals surface area contributed by atoms with Crippen LogP contribution in [0.3, 0.4) is 0 Å². The molecule has 0 N–H and O–H groups in total. The van der Waals surface area contributed by atoms with Gasteiger partial charge in [-0.25, -0.2) is 0 Å². The predicted molar refractivity (Wildman–Crippen MR) is 100 cm³/mol. The molecule has 1 fully saturated rings. The van der Waals surface area contributed by atoms with Crippen molar-refractivity contribution in [1.82, 2.24) is 4.90 Å². The van der Waals surface area contributed by atoms with Crippen LogP contribution in [0, 0.1) is 0 Å². The molecule has 1 aromatic carbocycles. The molecule has 2 rings (SSSR count). The first-order valence-electron chi connectivity index (χ1n) is 8.97. The number of ether oxygens (including phenoxy) is 1. The molecule has 0 aromatic heterocycles. The van der Waals surface area contributed by atoms with Crippen LogP contribution in [0.25, 0.3) is 6.08 Å². The minimum atomic E-state index is -0.212. The number of rotatable bonds is 9. The van der Waals surface area contributed by atoms with E-state index < -0.39 is 0 Å². The Bertz CT molecular complexity index is 682. The van der Waals surface area contributed by atoms with Crippen molar-refractivity contribution in [1.29, 1.82) is 0 Å². The number of carbonyl (C=O) groups is 3. The fraction of sp³-hybridized carbons (Fsp3) is 0.450. The summed E-state index contributed by atoms with van der Waals surface area (Å²) >= 11 is 5.85. The van der Waals surface area contributed by atoms with Gasteiger partial charge in [0.25, 0.3) is 5.91 Å². The van der Waals surface area contributed by atoms with Gasteiger partial charge in [-0.2, -0.15) is 0 Å². The third kappa shape index (κ3) is 5.99. The fourth-order valence-electron chi connectivity index (χ4n) is 2.85. The van der Waals surface area contributed by atoms with Crippen LogP contribution < -0.4 is 0 Å². The van der Waals surface area contributed by atoms with E-state index >= 15 is 0 Å². The number of imide groups is 1. The van der Waals surface area contributed by atoms with Gasteiger partial charge in [-0.05, 0) is 43.5 Å². The maximum Gasteiger partial charge on any atom is 0.305 e. The van der Waals surface area contributed by atoms with Crippen molar-refractivity contribution in [2.24, 2.45) is 0 Å². The molecule has 0 spiro atoms. The number of hydrogen-bond acceptors (Lipinski definition) is 4. The van der Waals surface area contributed by atoms with Gasteiger partial charge in [0.1, 0.15) is 0 Å². The van der Waals surface area contributed by atoms with Crippen LogP contribution in [-0.4, -0.2) is 35.8 Å². The summed E-state index contributed by atoms with van der Waals surface area (Å²) in [5.74, 6) is -0.535. The number of benzene rings is 1. The Morgan fingerprint density at radius 2 is 1.85 bits per heavy atom. The van der Waals surface area contributed by atoms with Gasteiger partial charge in [0.05, 0.1) is 13.0 Å². The van der Waals surface area contributed by atoms with E-state index in [1.54, 1.807) is 25.1 Å². The van der Waals surface area contributed by atoms with Gasteiger partial charge in [-0.15, -0.1) is 0 Å². The maximum atomic E-state index is 12.4. The summed E-state index contributed by atoms with van der Waals surface area (Å²) in [5.41, 5.74) is 1.37. The average molecular weight is 378 g/mol. The molecule has 26 heavy (non-hydrogen) atoms. The lowest BCUT2D eigenvalue weighted by Gasteiger charge is -2.13.